The van der Waals surface area contributed by atoms with E-state index < -0.39 is 0 Å². The van der Waals surface area contributed by atoms with Gasteiger partial charge in [-0.3, -0.25) is 0 Å². The zero-order chi connectivity index (χ0) is 21.0. The van der Waals surface area contributed by atoms with Crippen molar-refractivity contribution in [1.82, 2.24) is 15.0 Å². The number of hydrogen-bond donors (Lipinski definition) is 0. The maximum atomic E-state index is 4.85. The van der Waals surface area contributed by atoms with Crippen LogP contribution < -0.4 is 4.46 Å². The second-order valence-electron chi connectivity index (χ2n) is 7.09. The van der Waals surface area contributed by atoms with Crippen molar-refractivity contribution in [1.29, 1.82) is 0 Å². The molecule has 4 aromatic carbocycles. The minimum atomic E-state index is 0.652. The van der Waals surface area contributed by atoms with Crippen LogP contribution in [0.3, 0.4) is 0 Å². The van der Waals surface area contributed by atoms with E-state index in [-0.39, 0.29) is 0 Å². The van der Waals surface area contributed by atoms with Crippen LogP contribution in [0, 0.1) is 0 Å². The van der Waals surface area contributed by atoms with Crippen molar-refractivity contribution in [3.63, 3.8) is 0 Å². The van der Waals surface area contributed by atoms with Gasteiger partial charge in [-0.05, 0) is 0 Å². The Bertz CT molecular complexity index is 1260. The molecule has 0 saturated heterocycles. The number of rotatable bonds is 4. The molecule has 1 heterocycles. The fourth-order valence-electron chi connectivity index (χ4n) is 3.49. The molecule has 0 atom stereocenters. The second kappa shape index (κ2) is 8.65. The van der Waals surface area contributed by atoms with Crippen molar-refractivity contribution in [2.24, 2.45) is 0 Å². The van der Waals surface area contributed by atoms with Gasteiger partial charge in [-0.1, -0.05) is 0 Å². The Hall–Kier alpha value is -3.59. The van der Waals surface area contributed by atoms with Crippen LogP contribution in [0.2, 0.25) is 0 Å². The third-order valence-electron chi connectivity index (χ3n) is 5.04. The second-order valence-corrected chi connectivity index (χ2v) is 7.94. The summed E-state index contributed by atoms with van der Waals surface area (Å²) in [4.78, 5) is 14.5. The fourth-order valence-corrected chi connectivity index (χ4v) is 4.21. The molecule has 0 aliphatic carbocycles. The van der Waals surface area contributed by atoms with E-state index in [9.17, 15) is 0 Å². The van der Waals surface area contributed by atoms with Crippen LogP contribution in [-0.4, -0.2) is 31.0 Å². The van der Waals surface area contributed by atoms with Gasteiger partial charge in [0, 0.05) is 0 Å². The normalized spacial score (nSPS) is 10.7. The Balaban J connectivity index is 1.71. The first-order valence-electron chi connectivity index (χ1n) is 10.0. The van der Waals surface area contributed by atoms with E-state index in [0.717, 1.165) is 32.3 Å². The zero-order valence-corrected chi connectivity index (χ0v) is 18.4. The molecule has 147 valence electrons. The van der Waals surface area contributed by atoms with Crippen LogP contribution in [0.1, 0.15) is 0 Å². The molecular weight excluding hydrogens is 445 g/mol. The zero-order valence-electron chi connectivity index (χ0n) is 16.6. The van der Waals surface area contributed by atoms with Crippen LogP contribution in [0.25, 0.3) is 45.3 Å². The monoisotopic (exact) mass is 464 g/mol. The summed E-state index contributed by atoms with van der Waals surface area (Å²) < 4.78 is 1.03. The summed E-state index contributed by atoms with van der Waals surface area (Å²) in [7, 11) is 0. The van der Waals surface area contributed by atoms with Gasteiger partial charge in [0.05, 0.1) is 0 Å². The van der Waals surface area contributed by atoms with Crippen LogP contribution in [0.4, 0.5) is 0 Å². The summed E-state index contributed by atoms with van der Waals surface area (Å²) in [6.45, 7) is 0. The topological polar surface area (TPSA) is 38.7 Å². The first-order valence-corrected chi connectivity index (χ1v) is 10.9. The number of benzene rings is 4. The Morgan fingerprint density at radius 3 is 1.32 bits per heavy atom. The summed E-state index contributed by atoms with van der Waals surface area (Å²) in [5, 5.41) is 0. The van der Waals surface area contributed by atoms with E-state index in [0.29, 0.717) is 17.5 Å². The van der Waals surface area contributed by atoms with E-state index in [2.05, 4.69) is 40.3 Å². The molecule has 0 aliphatic heterocycles. The minimum absolute atomic E-state index is 0.652. The van der Waals surface area contributed by atoms with Crippen LogP contribution >= 0.6 is 0 Å². The van der Waals surface area contributed by atoms with Crippen molar-refractivity contribution in [2.75, 3.05) is 0 Å². The number of nitrogens with zero attached hydrogens (tertiary/aromatic N) is 3. The molecule has 0 N–H and O–H groups in total. The van der Waals surface area contributed by atoms with Gasteiger partial charge < -0.3 is 0 Å². The molecule has 5 aromatic rings. The van der Waals surface area contributed by atoms with Gasteiger partial charge in [0.1, 0.15) is 0 Å². The molecule has 0 spiro atoms. The van der Waals surface area contributed by atoms with Crippen molar-refractivity contribution < 1.29 is 0 Å². The van der Waals surface area contributed by atoms with Crippen LogP contribution in [0.5, 0.6) is 0 Å². The van der Waals surface area contributed by atoms with Crippen LogP contribution in [0.15, 0.2) is 109 Å². The Morgan fingerprint density at radius 2 is 0.806 bits per heavy atom. The van der Waals surface area contributed by atoms with Gasteiger partial charge in [0.25, 0.3) is 0 Å². The van der Waals surface area contributed by atoms with Crippen molar-refractivity contribution in [2.45, 2.75) is 0 Å². The summed E-state index contributed by atoms with van der Waals surface area (Å²) in [5.74, 6) is 1.97. The van der Waals surface area contributed by atoms with Gasteiger partial charge in [-0.15, -0.1) is 0 Å². The molecule has 31 heavy (non-hydrogen) atoms. The summed E-state index contributed by atoms with van der Waals surface area (Å²) in [6, 6.07) is 36.6. The molecule has 4 heteroatoms. The van der Waals surface area contributed by atoms with E-state index >= 15 is 0 Å². The molecule has 1 radical (unpaired) electrons. The standard InChI is InChI=1S/C27H18N3Se/c31-24-22(19-11-4-1-5-12-19)17-10-18-23(24)27-29-25(20-13-6-2-7-14-20)28-26(30-27)21-15-8-3-9-16-21/h1-18H. The summed E-state index contributed by atoms with van der Waals surface area (Å²) in [6.07, 6.45) is 0. The Labute approximate surface area is 189 Å². The molecule has 5 rings (SSSR count). The Morgan fingerprint density at radius 1 is 0.387 bits per heavy atom. The molecule has 3 nitrogen and oxygen atoms in total. The third kappa shape index (κ3) is 4.04. The number of aromatic nitrogens is 3. The van der Waals surface area contributed by atoms with E-state index in [1.807, 2.05) is 84.9 Å². The summed E-state index contributed by atoms with van der Waals surface area (Å²) >= 11 is 3.25. The first-order chi connectivity index (χ1) is 15.3. The van der Waals surface area contributed by atoms with E-state index in [4.69, 9.17) is 15.0 Å². The average molecular weight is 463 g/mol. The van der Waals surface area contributed by atoms with Crippen molar-refractivity contribution in [3.8, 4) is 45.3 Å². The predicted octanol–water partition coefficient (Wildman–Crippen LogP) is 5.33. The van der Waals surface area contributed by atoms with Crippen LogP contribution in [-0.2, 0) is 0 Å². The SMILES string of the molecule is [Se]c1c(-c2ccccc2)cccc1-c1nc(-c2ccccc2)nc(-c2ccccc2)n1. The molecule has 1 aromatic heterocycles. The molecular formula is C27H18N3Se. The fraction of sp³-hybridized carbons (Fsp3) is 0. The van der Waals surface area contributed by atoms with Gasteiger partial charge in [0.2, 0.25) is 0 Å². The predicted molar refractivity (Wildman–Crippen MR) is 127 cm³/mol. The molecule has 0 unspecified atom stereocenters. The van der Waals surface area contributed by atoms with Gasteiger partial charge in [-0.25, -0.2) is 0 Å². The third-order valence-corrected chi connectivity index (χ3v) is 5.96. The van der Waals surface area contributed by atoms with Gasteiger partial charge in [0.15, 0.2) is 0 Å². The molecule has 0 aliphatic rings. The molecule has 0 bridgehead atoms. The quantitative estimate of drug-likeness (QED) is 0.338. The van der Waals surface area contributed by atoms with Crippen molar-refractivity contribution in [3.05, 3.63) is 109 Å². The maximum absolute atomic E-state index is 4.85. The molecule has 0 fully saturated rings. The average Bonchev–Trinajstić information content (AvgIpc) is 2.85. The van der Waals surface area contributed by atoms with E-state index in [1.54, 1.807) is 0 Å². The summed E-state index contributed by atoms with van der Waals surface area (Å²) in [5.41, 5.74) is 5.16. The van der Waals surface area contributed by atoms with Crippen molar-refractivity contribution >= 4 is 20.5 Å². The molecule has 0 saturated carbocycles. The van der Waals surface area contributed by atoms with Gasteiger partial charge in [-0.2, -0.15) is 0 Å². The number of hydrogen-bond acceptors (Lipinski definition) is 3. The van der Waals surface area contributed by atoms with Gasteiger partial charge >= 0.3 is 190 Å². The van der Waals surface area contributed by atoms with E-state index in [1.165, 1.54) is 0 Å². The first kappa shape index (κ1) is 19.4. The molecule has 0 amide bonds. The Kier molecular flexibility index (Phi) is 5.40.